The number of amides is 1. The average Bonchev–Trinajstić information content (AvgIpc) is 2.81. The smallest absolute Gasteiger partial charge is 0.258 e. The Morgan fingerprint density at radius 3 is 2.37 bits per heavy atom. The predicted octanol–water partition coefficient (Wildman–Crippen LogP) is 3.73. The zero-order valence-electron chi connectivity index (χ0n) is 16.5. The first-order chi connectivity index (χ1) is 14.8. The second-order valence-electron chi connectivity index (χ2n) is 6.75. The van der Waals surface area contributed by atoms with Crippen LogP contribution in [0.4, 0.5) is 0 Å². The maximum atomic E-state index is 12.2. The molecule has 0 spiro atoms. The van der Waals surface area contributed by atoms with E-state index in [4.69, 9.17) is 18.9 Å². The summed E-state index contributed by atoms with van der Waals surface area (Å²) in [5.74, 6) is 2.53. The molecule has 30 heavy (non-hydrogen) atoms. The van der Waals surface area contributed by atoms with E-state index in [1.165, 1.54) is 0 Å². The van der Waals surface area contributed by atoms with Gasteiger partial charge >= 0.3 is 0 Å². The third kappa shape index (κ3) is 5.23. The zero-order chi connectivity index (χ0) is 20.6. The largest absolute Gasteiger partial charge is 0.489 e. The normalized spacial score (nSPS) is 12.1. The average molecular weight is 405 g/mol. The topological polar surface area (TPSA) is 66.0 Å². The Morgan fingerprint density at radius 2 is 1.57 bits per heavy atom. The number of benzene rings is 3. The number of carbonyl (C=O) groups excluding carboxylic acids is 1. The van der Waals surface area contributed by atoms with E-state index < -0.39 is 0 Å². The highest BCUT2D eigenvalue weighted by molar-refractivity contribution is 5.77. The highest BCUT2D eigenvalue weighted by Gasteiger charge is 2.16. The molecule has 0 radical (unpaired) electrons. The molecule has 0 fully saturated rings. The van der Waals surface area contributed by atoms with Gasteiger partial charge in [0.25, 0.3) is 5.91 Å². The van der Waals surface area contributed by atoms with Gasteiger partial charge in [-0.05, 0) is 35.9 Å². The van der Waals surface area contributed by atoms with E-state index in [1.54, 1.807) is 12.1 Å². The monoisotopic (exact) mass is 405 g/mol. The third-order valence-corrected chi connectivity index (χ3v) is 4.57. The first kappa shape index (κ1) is 19.6. The molecule has 154 valence electrons. The van der Waals surface area contributed by atoms with Gasteiger partial charge in [-0.1, -0.05) is 42.5 Å². The molecular formula is C24H23NO5. The minimum absolute atomic E-state index is 0.0728. The maximum Gasteiger partial charge on any atom is 0.258 e. The molecule has 1 aliphatic heterocycles. The molecule has 1 heterocycles. The lowest BCUT2D eigenvalue weighted by atomic mass is 10.1. The van der Waals surface area contributed by atoms with Crippen molar-refractivity contribution in [3.63, 3.8) is 0 Å². The van der Waals surface area contributed by atoms with Gasteiger partial charge in [0.2, 0.25) is 0 Å². The molecule has 0 atom stereocenters. The summed E-state index contributed by atoms with van der Waals surface area (Å²) in [7, 11) is 0. The Kier molecular flexibility index (Phi) is 6.35. The fourth-order valence-electron chi connectivity index (χ4n) is 3.04. The molecule has 1 aliphatic rings. The molecule has 0 aromatic heterocycles. The predicted molar refractivity (Wildman–Crippen MR) is 112 cm³/mol. The lowest BCUT2D eigenvalue weighted by molar-refractivity contribution is -0.123. The molecule has 0 unspecified atom stereocenters. The molecular weight excluding hydrogens is 382 g/mol. The number of para-hydroxylation sites is 1. The van der Waals surface area contributed by atoms with Crippen LogP contribution in [0.3, 0.4) is 0 Å². The Bertz CT molecular complexity index is 973. The van der Waals surface area contributed by atoms with Gasteiger partial charge in [0.05, 0.1) is 0 Å². The number of fused-ring (bicyclic) bond motifs is 1. The Hall–Kier alpha value is -3.67. The van der Waals surface area contributed by atoms with E-state index in [0.717, 1.165) is 16.9 Å². The van der Waals surface area contributed by atoms with Gasteiger partial charge in [-0.3, -0.25) is 4.79 Å². The van der Waals surface area contributed by atoms with Gasteiger partial charge < -0.3 is 24.3 Å². The first-order valence-corrected chi connectivity index (χ1v) is 9.82. The number of carbonyl (C=O) groups is 1. The van der Waals surface area contributed by atoms with Crippen molar-refractivity contribution in [3.05, 3.63) is 83.9 Å². The number of nitrogens with one attached hydrogen (secondary N) is 1. The summed E-state index contributed by atoms with van der Waals surface area (Å²) in [5.41, 5.74) is 1.98. The maximum absolute atomic E-state index is 12.2. The summed E-state index contributed by atoms with van der Waals surface area (Å²) in [6, 6.07) is 22.8. The molecule has 1 N–H and O–H groups in total. The van der Waals surface area contributed by atoms with Crippen LogP contribution in [0.1, 0.15) is 11.1 Å². The Balaban J connectivity index is 1.22. The molecule has 0 bridgehead atoms. The van der Waals surface area contributed by atoms with Gasteiger partial charge in [0.15, 0.2) is 18.1 Å². The molecule has 0 aliphatic carbocycles. The van der Waals surface area contributed by atoms with Gasteiger partial charge in [0.1, 0.15) is 31.3 Å². The van der Waals surface area contributed by atoms with Crippen molar-refractivity contribution in [1.29, 1.82) is 0 Å². The van der Waals surface area contributed by atoms with Crippen molar-refractivity contribution >= 4 is 5.91 Å². The first-order valence-electron chi connectivity index (χ1n) is 9.82. The summed E-state index contributed by atoms with van der Waals surface area (Å²) in [6.07, 6.45) is 0. The quantitative estimate of drug-likeness (QED) is 0.619. The van der Waals surface area contributed by atoms with Crippen LogP contribution in [0.15, 0.2) is 72.8 Å². The van der Waals surface area contributed by atoms with Crippen molar-refractivity contribution in [2.24, 2.45) is 0 Å². The summed E-state index contributed by atoms with van der Waals surface area (Å²) >= 11 is 0. The van der Waals surface area contributed by atoms with Crippen molar-refractivity contribution in [1.82, 2.24) is 5.32 Å². The standard InChI is InChI=1S/C24H23NO5/c26-23(25-15-19-7-4-8-22-24(19)28-14-13-27-22)17-30-21-11-9-20(10-12-21)29-16-18-5-2-1-3-6-18/h1-12H,13-17H2,(H,25,26). The van der Waals surface area contributed by atoms with E-state index in [-0.39, 0.29) is 12.5 Å². The van der Waals surface area contributed by atoms with Crippen LogP contribution in [0, 0.1) is 0 Å². The zero-order valence-corrected chi connectivity index (χ0v) is 16.5. The van der Waals surface area contributed by atoms with E-state index in [0.29, 0.717) is 43.6 Å². The van der Waals surface area contributed by atoms with Crippen LogP contribution in [0.25, 0.3) is 0 Å². The van der Waals surface area contributed by atoms with E-state index in [1.807, 2.05) is 60.7 Å². The molecule has 4 rings (SSSR count). The van der Waals surface area contributed by atoms with Crippen LogP contribution >= 0.6 is 0 Å². The van der Waals surface area contributed by atoms with E-state index >= 15 is 0 Å². The molecule has 0 saturated heterocycles. The van der Waals surface area contributed by atoms with Gasteiger partial charge in [-0.25, -0.2) is 0 Å². The third-order valence-electron chi connectivity index (χ3n) is 4.57. The second kappa shape index (κ2) is 9.69. The summed E-state index contributed by atoms with van der Waals surface area (Å²) < 4.78 is 22.5. The molecule has 6 nitrogen and oxygen atoms in total. The molecule has 3 aromatic carbocycles. The van der Waals surface area contributed by atoms with E-state index in [2.05, 4.69) is 5.32 Å². The fourth-order valence-corrected chi connectivity index (χ4v) is 3.04. The van der Waals surface area contributed by atoms with Crippen LogP contribution in [0.2, 0.25) is 0 Å². The minimum Gasteiger partial charge on any atom is -0.489 e. The Labute approximate surface area is 175 Å². The molecule has 0 saturated carbocycles. The van der Waals surface area contributed by atoms with Crippen LogP contribution in [-0.2, 0) is 17.9 Å². The lowest BCUT2D eigenvalue weighted by Crippen LogP contribution is -2.29. The van der Waals surface area contributed by atoms with Crippen LogP contribution < -0.4 is 24.3 Å². The van der Waals surface area contributed by atoms with Crippen LogP contribution in [0.5, 0.6) is 23.0 Å². The second-order valence-corrected chi connectivity index (χ2v) is 6.75. The molecule has 3 aromatic rings. The number of rotatable bonds is 8. The SMILES string of the molecule is O=C(COc1ccc(OCc2ccccc2)cc1)NCc1cccc2c1OCCO2. The Morgan fingerprint density at radius 1 is 0.833 bits per heavy atom. The van der Waals surface area contributed by atoms with Gasteiger partial charge in [-0.15, -0.1) is 0 Å². The van der Waals surface area contributed by atoms with Gasteiger partial charge in [0, 0.05) is 12.1 Å². The highest BCUT2D eigenvalue weighted by atomic mass is 16.6. The minimum atomic E-state index is -0.214. The van der Waals surface area contributed by atoms with Crippen molar-refractivity contribution in [3.8, 4) is 23.0 Å². The van der Waals surface area contributed by atoms with Crippen molar-refractivity contribution in [2.75, 3.05) is 19.8 Å². The highest BCUT2D eigenvalue weighted by Crippen LogP contribution is 2.33. The summed E-state index contributed by atoms with van der Waals surface area (Å²) in [4.78, 5) is 12.2. The van der Waals surface area contributed by atoms with E-state index in [9.17, 15) is 4.79 Å². The number of ether oxygens (including phenoxy) is 4. The van der Waals surface area contributed by atoms with Gasteiger partial charge in [-0.2, -0.15) is 0 Å². The fraction of sp³-hybridized carbons (Fsp3) is 0.208. The molecule has 1 amide bonds. The lowest BCUT2D eigenvalue weighted by Gasteiger charge is -2.21. The molecule has 6 heteroatoms. The number of hydrogen-bond acceptors (Lipinski definition) is 5. The summed E-state index contributed by atoms with van der Waals surface area (Å²) in [5, 5.41) is 2.84. The van der Waals surface area contributed by atoms with Crippen LogP contribution in [-0.4, -0.2) is 25.7 Å². The number of hydrogen-bond donors (Lipinski definition) is 1. The van der Waals surface area contributed by atoms with Crippen molar-refractivity contribution in [2.45, 2.75) is 13.2 Å². The summed E-state index contributed by atoms with van der Waals surface area (Å²) in [6.45, 7) is 1.82. The van der Waals surface area contributed by atoms with Crippen molar-refractivity contribution < 1.29 is 23.7 Å².